The lowest BCUT2D eigenvalue weighted by atomic mass is 10.1. The standard InChI is InChI=1S/C15H16N2O2/c1-11-4-3-5-12(8-11)9-16-14-7-6-13(10-17-14)15(18)19-2/h3-8,10H,9H2,1-2H3,(H,16,17). The highest BCUT2D eigenvalue weighted by molar-refractivity contribution is 5.89. The fraction of sp³-hybridized carbons (Fsp3) is 0.200. The van der Waals surface area contributed by atoms with E-state index in [2.05, 4.69) is 40.2 Å². The predicted octanol–water partition coefficient (Wildman–Crippen LogP) is 2.79. The van der Waals surface area contributed by atoms with Crippen molar-refractivity contribution in [2.24, 2.45) is 0 Å². The summed E-state index contributed by atoms with van der Waals surface area (Å²) in [6.07, 6.45) is 1.50. The number of aryl methyl sites for hydroxylation is 1. The summed E-state index contributed by atoms with van der Waals surface area (Å²) >= 11 is 0. The number of anilines is 1. The average molecular weight is 256 g/mol. The Kier molecular flexibility index (Phi) is 4.13. The molecule has 0 amide bonds. The van der Waals surface area contributed by atoms with Gasteiger partial charge >= 0.3 is 5.97 Å². The van der Waals surface area contributed by atoms with Gasteiger partial charge in [0.1, 0.15) is 5.82 Å². The van der Waals surface area contributed by atoms with E-state index >= 15 is 0 Å². The second-order valence-corrected chi connectivity index (χ2v) is 4.27. The molecule has 0 fully saturated rings. The number of carbonyl (C=O) groups is 1. The molecular weight excluding hydrogens is 240 g/mol. The number of rotatable bonds is 4. The lowest BCUT2D eigenvalue weighted by molar-refractivity contribution is 0.0600. The molecule has 0 spiro atoms. The van der Waals surface area contributed by atoms with Gasteiger partial charge in [-0.3, -0.25) is 0 Å². The number of hydrogen-bond donors (Lipinski definition) is 1. The number of esters is 1. The summed E-state index contributed by atoms with van der Waals surface area (Å²) in [5.74, 6) is 0.354. The van der Waals surface area contributed by atoms with Gasteiger partial charge in [0.25, 0.3) is 0 Å². The molecule has 1 aromatic carbocycles. The van der Waals surface area contributed by atoms with E-state index < -0.39 is 0 Å². The van der Waals surface area contributed by atoms with Gasteiger partial charge in [-0.15, -0.1) is 0 Å². The van der Waals surface area contributed by atoms with Crippen LogP contribution in [0.1, 0.15) is 21.5 Å². The average Bonchev–Trinajstić information content (AvgIpc) is 2.45. The molecule has 1 heterocycles. The zero-order valence-corrected chi connectivity index (χ0v) is 11.0. The minimum atomic E-state index is -0.377. The van der Waals surface area contributed by atoms with Crippen LogP contribution in [0, 0.1) is 6.92 Å². The van der Waals surface area contributed by atoms with Crippen LogP contribution in [0.2, 0.25) is 0 Å². The van der Waals surface area contributed by atoms with Crippen LogP contribution >= 0.6 is 0 Å². The Morgan fingerprint density at radius 3 is 2.79 bits per heavy atom. The highest BCUT2D eigenvalue weighted by atomic mass is 16.5. The normalized spacial score (nSPS) is 10.0. The predicted molar refractivity (Wildman–Crippen MR) is 74.1 cm³/mol. The van der Waals surface area contributed by atoms with Crippen LogP contribution in [0.15, 0.2) is 42.6 Å². The molecule has 0 saturated carbocycles. The molecular formula is C15H16N2O2. The van der Waals surface area contributed by atoms with E-state index in [1.165, 1.54) is 24.4 Å². The summed E-state index contributed by atoms with van der Waals surface area (Å²) < 4.78 is 4.62. The van der Waals surface area contributed by atoms with E-state index in [1.807, 2.05) is 6.07 Å². The van der Waals surface area contributed by atoms with Gasteiger partial charge in [-0.2, -0.15) is 0 Å². The summed E-state index contributed by atoms with van der Waals surface area (Å²) in [6.45, 7) is 2.76. The highest BCUT2D eigenvalue weighted by Crippen LogP contribution is 2.09. The third-order valence-electron chi connectivity index (χ3n) is 2.74. The Morgan fingerprint density at radius 2 is 2.16 bits per heavy atom. The first kappa shape index (κ1) is 13.1. The molecule has 0 aliphatic carbocycles. The molecule has 19 heavy (non-hydrogen) atoms. The monoisotopic (exact) mass is 256 g/mol. The molecule has 0 aliphatic rings. The van der Waals surface area contributed by atoms with E-state index in [-0.39, 0.29) is 5.97 Å². The van der Waals surface area contributed by atoms with Gasteiger partial charge in [-0.1, -0.05) is 29.8 Å². The van der Waals surface area contributed by atoms with Crippen LogP contribution in [0.25, 0.3) is 0 Å². The molecule has 4 heteroatoms. The van der Waals surface area contributed by atoms with Crippen molar-refractivity contribution in [3.8, 4) is 0 Å². The number of ether oxygens (including phenoxy) is 1. The maximum absolute atomic E-state index is 11.3. The number of carbonyl (C=O) groups excluding carboxylic acids is 1. The summed E-state index contributed by atoms with van der Waals surface area (Å²) in [7, 11) is 1.35. The van der Waals surface area contributed by atoms with Crippen molar-refractivity contribution in [2.75, 3.05) is 12.4 Å². The SMILES string of the molecule is COC(=O)c1ccc(NCc2cccc(C)c2)nc1. The summed E-state index contributed by atoms with van der Waals surface area (Å²) in [6, 6.07) is 11.7. The van der Waals surface area contributed by atoms with Crippen molar-refractivity contribution in [3.05, 3.63) is 59.3 Å². The topological polar surface area (TPSA) is 51.2 Å². The molecule has 0 radical (unpaired) electrons. The van der Waals surface area contributed by atoms with Gasteiger partial charge in [0.15, 0.2) is 0 Å². The minimum Gasteiger partial charge on any atom is -0.465 e. The van der Waals surface area contributed by atoms with E-state index in [1.54, 1.807) is 12.1 Å². The molecule has 4 nitrogen and oxygen atoms in total. The van der Waals surface area contributed by atoms with Crippen LogP contribution in [-0.2, 0) is 11.3 Å². The molecule has 0 unspecified atom stereocenters. The molecule has 2 aromatic rings. The number of benzene rings is 1. The van der Waals surface area contributed by atoms with Crippen molar-refractivity contribution in [2.45, 2.75) is 13.5 Å². The Hall–Kier alpha value is -2.36. The molecule has 2 rings (SSSR count). The highest BCUT2D eigenvalue weighted by Gasteiger charge is 2.05. The van der Waals surface area contributed by atoms with Crippen molar-refractivity contribution in [1.29, 1.82) is 0 Å². The zero-order chi connectivity index (χ0) is 13.7. The fourth-order valence-electron chi connectivity index (χ4n) is 1.75. The van der Waals surface area contributed by atoms with E-state index in [0.29, 0.717) is 12.1 Å². The minimum absolute atomic E-state index is 0.377. The number of aromatic nitrogens is 1. The second kappa shape index (κ2) is 6.00. The van der Waals surface area contributed by atoms with Gasteiger partial charge in [-0.25, -0.2) is 9.78 Å². The summed E-state index contributed by atoms with van der Waals surface area (Å²) in [4.78, 5) is 15.4. The van der Waals surface area contributed by atoms with E-state index in [4.69, 9.17) is 0 Å². The lowest BCUT2D eigenvalue weighted by Crippen LogP contribution is -2.04. The Bertz CT molecular complexity index is 565. The van der Waals surface area contributed by atoms with Crippen LogP contribution in [0.3, 0.4) is 0 Å². The van der Waals surface area contributed by atoms with Gasteiger partial charge in [0.2, 0.25) is 0 Å². The molecule has 0 aliphatic heterocycles. The van der Waals surface area contributed by atoms with Crippen LogP contribution in [-0.4, -0.2) is 18.1 Å². The summed E-state index contributed by atoms with van der Waals surface area (Å²) in [5.41, 5.74) is 2.87. The molecule has 1 N–H and O–H groups in total. The largest absolute Gasteiger partial charge is 0.465 e. The van der Waals surface area contributed by atoms with E-state index in [9.17, 15) is 4.79 Å². The molecule has 1 aromatic heterocycles. The van der Waals surface area contributed by atoms with Gasteiger partial charge < -0.3 is 10.1 Å². The van der Waals surface area contributed by atoms with Gasteiger partial charge in [-0.05, 0) is 24.6 Å². The van der Waals surface area contributed by atoms with Crippen molar-refractivity contribution >= 4 is 11.8 Å². The van der Waals surface area contributed by atoms with Crippen molar-refractivity contribution in [3.63, 3.8) is 0 Å². The first-order valence-electron chi connectivity index (χ1n) is 6.03. The Balaban J connectivity index is 1.98. The fourth-order valence-corrected chi connectivity index (χ4v) is 1.75. The quantitative estimate of drug-likeness (QED) is 0.855. The smallest absolute Gasteiger partial charge is 0.339 e. The lowest BCUT2D eigenvalue weighted by Gasteiger charge is -2.07. The van der Waals surface area contributed by atoms with Crippen molar-refractivity contribution < 1.29 is 9.53 Å². The number of nitrogens with zero attached hydrogens (tertiary/aromatic N) is 1. The Labute approximate surface area is 112 Å². The molecule has 0 bridgehead atoms. The van der Waals surface area contributed by atoms with Crippen LogP contribution in [0.5, 0.6) is 0 Å². The second-order valence-electron chi connectivity index (χ2n) is 4.27. The first-order valence-corrected chi connectivity index (χ1v) is 6.03. The third kappa shape index (κ3) is 3.55. The van der Waals surface area contributed by atoms with Gasteiger partial charge in [0.05, 0.1) is 12.7 Å². The number of nitrogens with one attached hydrogen (secondary N) is 1. The van der Waals surface area contributed by atoms with Crippen LogP contribution in [0.4, 0.5) is 5.82 Å². The zero-order valence-electron chi connectivity index (χ0n) is 11.0. The van der Waals surface area contributed by atoms with Crippen LogP contribution < -0.4 is 5.32 Å². The molecule has 0 saturated heterocycles. The molecule has 0 atom stereocenters. The Morgan fingerprint density at radius 1 is 1.32 bits per heavy atom. The number of pyridine rings is 1. The first-order chi connectivity index (χ1) is 9.19. The number of methoxy groups -OCH3 is 1. The van der Waals surface area contributed by atoms with Crippen molar-refractivity contribution in [1.82, 2.24) is 4.98 Å². The third-order valence-corrected chi connectivity index (χ3v) is 2.74. The van der Waals surface area contributed by atoms with Gasteiger partial charge in [0, 0.05) is 12.7 Å². The maximum atomic E-state index is 11.3. The summed E-state index contributed by atoms with van der Waals surface area (Å²) in [5, 5.41) is 3.21. The molecule has 98 valence electrons. The van der Waals surface area contributed by atoms with E-state index in [0.717, 1.165) is 5.82 Å². The number of hydrogen-bond acceptors (Lipinski definition) is 4. The maximum Gasteiger partial charge on any atom is 0.339 e.